The minimum Gasteiger partial charge on any atom is -0.494 e. The van der Waals surface area contributed by atoms with Crippen molar-refractivity contribution in [3.8, 4) is 11.5 Å². The minimum absolute atomic E-state index is 0.0453. The van der Waals surface area contributed by atoms with E-state index in [1.807, 2.05) is 6.92 Å². The smallest absolute Gasteiger partial charge is 0.262 e. The zero-order valence-corrected chi connectivity index (χ0v) is 11.2. The van der Waals surface area contributed by atoms with Gasteiger partial charge in [-0.1, -0.05) is 0 Å². The second-order valence-electron chi connectivity index (χ2n) is 3.98. The lowest BCUT2D eigenvalue weighted by Gasteiger charge is -2.08. The molecule has 104 valence electrons. The molecule has 0 saturated heterocycles. The summed E-state index contributed by atoms with van der Waals surface area (Å²) in [4.78, 5) is 15.5. The van der Waals surface area contributed by atoms with Gasteiger partial charge in [0, 0.05) is 18.1 Å². The van der Waals surface area contributed by atoms with Crippen molar-refractivity contribution < 1.29 is 14.3 Å². The fourth-order valence-electron chi connectivity index (χ4n) is 1.58. The topological polar surface area (TPSA) is 60.5 Å². The molecule has 1 aromatic carbocycles. The number of amides is 1. The SMILES string of the molecule is CCOc1ccc(OCC(=O)Nc2ccncc2)cc1. The van der Waals surface area contributed by atoms with Gasteiger partial charge in [0.25, 0.3) is 5.91 Å². The van der Waals surface area contributed by atoms with Gasteiger partial charge in [-0.15, -0.1) is 0 Å². The van der Waals surface area contributed by atoms with Crippen LogP contribution >= 0.6 is 0 Å². The number of benzene rings is 1. The van der Waals surface area contributed by atoms with Crippen LogP contribution in [-0.4, -0.2) is 24.1 Å². The highest BCUT2D eigenvalue weighted by atomic mass is 16.5. The van der Waals surface area contributed by atoms with E-state index in [1.54, 1.807) is 48.8 Å². The van der Waals surface area contributed by atoms with E-state index in [9.17, 15) is 4.79 Å². The monoisotopic (exact) mass is 272 g/mol. The van der Waals surface area contributed by atoms with Crippen LogP contribution < -0.4 is 14.8 Å². The quantitative estimate of drug-likeness (QED) is 0.877. The number of hydrogen-bond acceptors (Lipinski definition) is 4. The van der Waals surface area contributed by atoms with E-state index in [1.165, 1.54) is 0 Å². The molecule has 1 heterocycles. The molecule has 0 aliphatic carbocycles. The van der Waals surface area contributed by atoms with Gasteiger partial charge in [-0.3, -0.25) is 9.78 Å². The first kappa shape index (κ1) is 13.9. The molecule has 1 amide bonds. The molecule has 0 atom stereocenters. The molecule has 0 bridgehead atoms. The van der Waals surface area contributed by atoms with E-state index < -0.39 is 0 Å². The normalized spacial score (nSPS) is 9.85. The number of hydrogen-bond donors (Lipinski definition) is 1. The van der Waals surface area contributed by atoms with Gasteiger partial charge >= 0.3 is 0 Å². The van der Waals surface area contributed by atoms with Gasteiger partial charge < -0.3 is 14.8 Å². The van der Waals surface area contributed by atoms with Crippen molar-refractivity contribution in [1.29, 1.82) is 0 Å². The third kappa shape index (κ3) is 4.28. The number of ether oxygens (including phenoxy) is 2. The highest BCUT2D eigenvalue weighted by molar-refractivity contribution is 5.91. The standard InChI is InChI=1S/C15H16N2O3/c1-2-19-13-3-5-14(6-4-13)20-11-15(18)17-12-7-9-16-10-8-12/h3-10H,2,11H2,1H3,(H,16,17,18). The first-order chi connectivity index (χ1) is 9.78. The van der Waals surface area contributed by atoms with E-state index in [2.05, 4.69) is 10.3 Å². The van der Waals surface area contributed by atoms with Crippen LogP contribution in [0.15, 0.2) is 48.8 Å². The number of aromatic nitrogens is 1. The number of nitrogens with one attached hydrogen (secondary N) is 1. The molecule has 5 nitrogen and oxygen atoms in total. The van der Waals surface area contributed by atoms with Crippen LogP contribution in [-0.2, 0) is 4.79 Å². The van der Waals surface area contributed by atoms with Crippen molar-refractivity contribution in [2.24, 2.45) is 0 Å². The van der Waals surface area contributed by atoms with E-state index >= 15 is 0 Å². The Morgan fingerprint density at radius 1 is 1.05 bits per heavy atom. The molecule has 0 saturated carbocycles. The fraction of sp³-hybridized carbons (Fsp3) is 0.200. The highest BCUT2D eigenvalue weighted by Crippen LogP contribution is 2.17. The number of carbonyl (C=O) groups is 1. The summed E-state index contributed by atoms with van der Waals surface area (Å²) < 4.78 is 10.7. The number of rotatable bonds is 6. The van der Waals surface area contributed by atoms with Gasteiger partial charge in [0.1, 0.15) is 11.5 Å². The van der Waals surface area contributed by atoms with Crippen molar-refractivity contribution in [2.45, 2.75) is 6.92 Å². The summed E-state index contributed by atoms with van der Waals surface area (Å²) in [5, 5.41) is 2.72. The Kier molecular flexibility index (Phi) is 4.94. The molecule has 20 heavy (non-hydrogen) atoms. The largest absolute Gasteiger partial charge is 0.494 e. The molecule has 1 aromatic heterocycles. The lowest BCUT2D eigenvalue weighted by molar-refractivity contribution is -0.118. The Hall–Kier alpha value is -2.56. The third-order valence-electron chi connectivity index (χ3n) is 2.47. The van der Waals surface area contributed by atoms with Gasteiger partial charge in [-0.25, -0.2) is 0 Å². The Bertz CT molecular complexity index is 541. The Balaban J connectivity index is 1.81. The summed E-state index contributed by atoms with van der Waals surface area (Å²) in [5.74, 6) is 1.18. The van der Waals surface area contributed by atoms with Crippen molar-refractivity contribution in [3.05, 3.63) is 48.8 Å². The lowest BCUT2D eigenvalue weighted by Crippen LogP contribution is -2.20. The molecule has 0 aliphatic heterocycles. The maximum atomic E-state index is 11.7. The highest BCUT2D eigenvalue weighted by Gasteiger charge is 2.03. The average Bonchev–Trinajstić information content (AvgIpc) is 2.48. The Morgan fingerprint density at radius 3 is 2.25 bits per heavy atom. The van der Waals surface area contributed by atoms with Crippen molar-refractivity contribution in [2.75, 3.05) is 18.5 Å². The Morgan fingerprint density at radius 2 is 1.65 bits per heavy atom. The summed E-state index contributed by atoms with van der Waals surface area (Å²) in [5.41, 5.74) is 0.695. The summed E-state index contributed by atoms with van der Waals surface area (Å²) in [6, 6.07) is 10.6. The summed E-state index contributed by atoms with van der Waals surface area (Å²) in [6.07, 6.45) is 3.23. The molecule has 0 spiro atoms. The Labute approximate surface area is 117 Å². The summed E-state index contributed by atoms with van der Waals surface area (Å²) >= 11 is 0. The van der Waals surface area contributed by atoms with Crippen molar-refractivity contribution in [3.63, 3.8) is 0 Å². The second kappa shape index (κ2) is 7.13. The van der Waals surface area contributed by atoms with E-state index in [0.29, 0.717) is 18.0 Å². The molecular weight excluding hydrogens is 256 g/mol. The minimum atomic E-state index is -0.218. The number of anilines is 1. The molecule has 0 aliphatic rings. The maximum Gasteiger partial charge on any atom is 0.262 e. The van der Waals surface area contributed by atoms with Gasteiger partial charge in [0.2, 0.25) is 0 Å². The average molecular weight is 272 g/mol. The van der Waals surface area contributed by atoms with Crippen LogP contribution in [0.4, 0.5) is 5.69 Å². The van der Waals surface area contributed by atoms with E-state index in [-0.39, 0.29) is 12.5 Å². The van der Waals surface area contributed by atoms with Crippen LogP contribution in [0.5, 0.6) is 11.5 Å². The van der Waals surface area contributed by atoms with Crippen molar-refractivity contribution in [1.82, 2.24) is 4.98 Å². The number of nitrogens with zero attached hydrogens (tertiary/aromatic N) is 1. The first-order valence-electron chi connectivity index (χ1n) is 6.33. The van der Waals surface area contributed by atoms with Gasteiger partial charge in [0.15, 0.2) is 6.61 Å². The van der Waals surface area contributed by atoms with Gasteiger partial charge in [0.05, 0.1) is 6.61 Å². The molecule has 0 unspecified atom stereocenters. The van der Waals surface area contributed by atoms with Crippen LogP contribution in [0.2, 0.25) is 0 Å². The maximum absolute atomic E-state index is 11.7. The van der Waals surface area contributed by atoms with Crippen molar-refractivity contribution >= 4 is 11.6 Å². The fourth-order valence-corrected chi connectivity index (χ4v) is 1.58. The zero-order chi connectivity index (χ0) is 14.2. The van der Waals surface area contributed by atoms with Gasteiger partial charge in [-0.05, 0) is 43.3 Å². The van der Waals surface area contributed by atoms with Crippen LogP contribution in [0.1, 0.15) is 6.92 Å². The molecule has 0 fully saturated rings. The van der Waals surface area contributed by atoms with Crippen LogP contribution in [0.3, 0.4) is 0 Å². The molecule has 5 heteroatoms. The van der Waals surface area contributed by atoms with E-state index in [4.69, 9.17) is 9.47 Å². The summed E-state index contributed by atoms with van der Waals surface area (Å²) in [7, 11) is 0. The predicted octanol–water partition coefficient (Wildman–Crippen LogP) is 2.50. The molecular formula is C15H16N2O3. The predicted molar refractivity (Wildman–Crippen MR) is 76.0 cm³/mol. The van der Waals surface area contributed by atoms with Crippen LogP contribution in [0.25, 0.3) is 0 Å². The van der Waals surface area contributed by atoms with Crippen LogP contribution in [0, 0.1) is 0 Å². The molecule has 2 rings (SSSR count). The second-order valence-corrected chi connectivity index (χ2v) is 3.98. The number of carbonyl (C=O) groups excluding carboxylic acids is 1. The third-order valence-corrected chi connectivity index (χ3v) is 2.47. The molecule has 2 aromatic rings. The molecule has 1 N–H and O–H groups in total. The summed E-state index contributed by atoms with van der Waals surface area (Å²) in [6.45, 7) is 2.50. The number of pyridine rings is 1. The first-order valence-corrected chi connectivity index (χ1v) is 6.33. The zero-order valence-electron chi connectivity index (χ0n) is 11.2. The van der Waals surface area contributed by atoms with E-state index in [0.717, 1.165) is 5.75 Å². The lowest BCUT2D eigenvalue weighted by atomic mass is 10.3. The molecule has 0 radical (unpaired) electrons. The van der Waals surface area contributed by atoms with Gasteiger partial charge in [-0.2, -0.15) is 0 Å².